The Morgan fingerprint density at radius 2 is 1.43 bits per heavy atom. The lowest BCUT2D eigenvalue weighted by Gasteiger charge is -2.40. The lowest BCUT2D eigenvalue weighted by molar-refractivity contribution is -0.132. The predicted octanol–water partition coefficient (Wildman–Crippen LogP) is 5.83. The molecule has 0 amide bonds. The number of carbonyl (C=O) groups is 1. The molecule has 0 atom stereocenters. The molecule has 0 aromatic rings. The van der Waals surface area contributed by atoms with E-state index >= 15 is 0 Å². The third kappa shape index (κ3) is 7.99. The van der Waals surface area contributed by atoms with Crippen molar-refractivity contribution in [2.75, 3.05) is 7.11 Å². The van der Waals surface area contributed by atoms with Crippen LogP contribution in [0.3, 0.4) is 0 Å². The summed E-state index contributed by atoms with van der Waals surface area (Å²) in [5.41, 5.74) is -0.0738. The van der Waals surface area contributed by atoms with Crippen LogP contribution < -0.4 is 0 Å². The summed E-state index contributed by atoms with van der Waals surface area (Å²) < 4.78 is 5.52. The first kappa shape index (κ1) is 18.7. The van der Waals surface area contributed by atoms with Crippen LogP contribution in [0.1, 0.15) is 103 Å². The van der Waals surface area contributed by atoms with Crippen molar-refractivity contribution in [3.63, 3.8) is 0 Å². The molecule has 1 aliphatic carbocycles. The Kier molecular flexibility index (Phi) is 9.99. The highest BCUT2D eigenvalue weighted by atomic mass is 16.5. The molecule has 0 unspecified atom stereocenters. The summed E-state index contributed by atoms with van der Waals surface area (Å²) in [5, 5.41) is 0. The zero-order valence-electron chi connectivity index (χ0n) is 14.4. The molecule has 0 heterocycles. The SMILES string of the molecule is CCCCCCCCCCCCC(=O)CC1(OC)CCC1. The van der Waals surface area contributed by atoms with Gasteiger partial charge in [0.1, 0.15) is 5.78 Å². The van der Waals surface area contributed by atoms with Gasteiger partial charge in [-0.3, -0.25) is 4.79 Å². The van der Waals surface area contributed by atoms with Crippen LogP contribution in [0.5, 0.6) is 0 Å². The van der Waals surface area contributed by atoms with Crippen molar-refractivity contribution in [1.29, 1.82) is 0 Å². The van der Waals surface area contributed by atoms with Gasteiger partial charge in [0.2, 0.25) is 0 Å². The lowest BCUT2D eigenvalue weighted by atomic mass is 9.76. The molecular formula is C19H36O2. The van der Waals surface area contributed by atoms with Gasteiger partial charge in [-0.25, -0.2) is 0 Å². The third-order valence-corrected chi connectivity index (χ3v) is 5.03. The van der Waals surface area contributed by atoms with Gasteiger partial charge in [-0.1, -0.05) is 64.7 Å². The van der Waals surface area contributed by atoms with Gasteiger partial charge in [-0.2, -0.15) is 0 Å². The third-order valence-electron chi connectivity index (χ3n) is 5.03. The number of hydrogen-bond acceptors (Lipinski definition) is 2. The van der Waals surface area contributed by atoms with Crippen molar-refractivity contribution in [2.24, 2.45) is 0 Å². The number of ketones is 1. The minimum absolute atomic E-state index is 0.0738. The van der Waals surface area contributed by atoms with Crippen molar-refractivity contribution >= 4 is 5.78 Å². The van der Waals surface area contributed by atoms with Crippen LogP contribution in [-0.2, 0) is 9.53 Å². The fraction of sp³-hybridized carbons (Fsp3) is 0.947. The highest BCUT2D eigenvalue weighted by Crippen LogP contribution is 2.38. The maximum atomic E-state index is 12.0. The van der Waals surface area contributed by atoms with E-state index in [2.05, 4.69) is 6.92 Å². The van der Waals surface area contributed by atoms with E-state index in [1.54, 1.807) is 7.11 Å². The Hall–Kier alpha value is -0.370. The van der Waals surface area contributed by atoms with Crippen LogP contribution in [0.4, 0.5) is 0 Å². The molecule has 0 aliphatic heterocycles. The van der Waals surface area contributed by atoms with Gasteiger partial charge in [0.05, 0.1) is 5.60 Å². The van der Waals surface area contributed by atoms with Crippen molar-refractivity contribution in [3.8, 4) is 0 Å². The van der Waals surface area contributed by atoms with Gasteiger partial charge in [0.15, 0.2) is 0 Å². The number of methoxy groups -OCH3 is 1. The van der Waals surface area contributed by atoms with Crippen molar-refractivity contribution in [2.45, 2.75) is 109 Å². The van der Waals surface area contributed by atoms with Crippen LogP contribution in [0.15, 0.2) is 0 Å². The molecule has 0 aromatic heterocycles. The average molecular weight is 296 g/mol. The first-order chi connectivity index (χ1) is 10.2. The highest BCUT2D eigenvalue weighted by Gasteiger charge is 2.38. The fourth-order valence-electron chi connectivity index (χ4n) is 3.28. The molecule has 21 heavy (non-hydrogen) atoms. The second kappa shape index (κ2) is 11.2. The minimum atomic E-state index is -0.0738. The van der Waals surface area contributed by atoms with Crippen molar-refractivity contribution < 1.29 is 9.53 Å². The van der Waals surface area contributed by atoms with Gasteiger partial charge in [-0.05, 0) is 25.7 Å². The molecular weight excluding hydrogens is 260 g/mol. The minimum Gasteiger partial charge on any atom is -0.378 e. The second-order valence-corrected chi connectivity index (χ2v) is 6.89. The smallest absolute Gasteiger partial charge is 0.135 e. The largest absolute Gasteiger partial charge is 0.378 e. The normalized spacial score (nSPS) is 16.7. The number of Topliss-reactive ketones (excluding diaryl/α,β-unsaturated/α-hetero) is 1. The van der Waals surface area contributed by atoms with Crippen LogP contribution >= 0.6 is 0 Å². The fourth-order valence-corrected chi connectivity index (χ4v) is 3.28. The van der Waals surface area contributed by atoms with Crippen LogP contribution in [-0.4, -0.2) is 18.5 Å². The quantitative estimate of drug-likeness (QED) is 0.377. The van der Waals surface area contributed by atoms with E-state index in [0.717, 1.165) is 25.7 Å². The Balaban J connectivity index is 1.86. The van der Waals surface area contributed by atoms with Crippen LogP contribution in [0, 0.1) is 0 Å². The number of hydrogen-bond donors (Lipinski definition) is 0. The molecule has 0 aromatic carbocycles. The second-order valence-electron chi connectivity index (χ2n) is 6.89. The van der Waals surface area contributed by atoms with E-state index in [1.807, 2.05) is 0 Å². The summed E-state index contributed by atoms with van der Waals surface area (Å²) in [7, 11) is 1.76. The molecule has 0 bridgehead atoms. The molecule has 1 rings (SSSR count). The monoisotopic (exact) mass is 296 g/mol. The maximum Gasteiger partial charge on any atom is 0.135 e. The van der Waals surface area contributed by atoms with E-state index in [-0.39, 0.29) is 5.60 Å². The molecule has 0 spiro atoms. The van der Waals surface area contributed by atoms with Gasteiger partial charge >= 0.3 is 0 Å². The average Bonchev–Trinajstić information content (AvgIpc) is 2.45. The molecule has 0 radical (unpaired) electrons. The zero-order valence-corrected chi connectivity index (χ0v) is 14.4. The van der Waals surface area contributed by atoms with Crippen LogP contribution in [0.2, 0.25) is 0 Å². The molecule has 2 nitrogen and oxygen atoms in total. The summed E-state index contributed by atoms with van der Waals surface area (Å²) in [6.07, 6.45) is 18.1. The van der Waals surface area contributed by atoms with Gasteiger partial charge < -0.3 is 4.74 Å². The molecule has 1 fully saturated rings. The molecule has 0 saturated heterocycles. The molecule has 124 valence electrons. The zero-order chi connectivity index (χ0) is 15.4. The first-order valence-electron chi connectivity index (χ1n) is 9.29. The summed E-state index contributed by atoms with van der Waals surface area (Å²) in [6, 6.07) is 0. The number of unbranched alkanes of at least 4 members (excludes halogenated alkanes) is 9. The maximum absolute atomic E-state index is 12.0. The van der Waals surface area contributed by atoms with Crippen molar-refractivity contribution in [3.05, 3.63) is 0 Å². The summed E-state index contributed by atoms with van der Waals surface area (Å²) in [4.78, 5) is 12.0. The lowest BCUT2D eigenvalue weighted by Crippen LogP contribution is -2.41. The summed E-state index contributed by atoms with van der Waals surface area (Å²) >= 11 is 0. The molecule has 2 heteroatoms. The highest BCUT2D eigenvalue weighted by molar-refractivity contribution is 5.79. The predicted molar refractivity (Wildman–Crippen MR) is 89.7 cm³/mol. The number of ether oxygens (including phenoxy) is 1. The standard InChI is InChI=1S/C19H36O2/c1-3-4-5-6-7-8-9-10-11-12-14-18(20)17-19(21-2)15-13-16-19/h3-17H2,1-2H3. The van der Waals surface area contributed by atoms with Crippen LogP contribution in [0.25, 0.3) is 0 Å². The van der Waals surface area contributed by atoms with E-state index in [1.165, 1.54) is 64.2 Å². The van der Waals surface area contributed by atoms with Gasteiger partial charge in [-0.15, -0.1) is 0 Å². The Morgan fingerprint density at radius 3 is 1.86 bits per heavy atom. The van der Waals surface area contributed by atoms with Gasteiger partial charge in [0.25, 0.3) is 0 Å². The number of rotatable bonds is 14. The Morgan fingerprint density at radius 1 is 0.905 bits per heavy atom. The Bertz CT molecular complexity index is 263. The van der Waals surface area contributed by atoms with E-state index < -0.39 is 0 Å². The molecule has 1 aliphatic rings. The molecule has 0 N–H and O–H groups in total. The first-order valence-corrected chi connectivity index (χ1v) is 9.29. The van der Waals surface area contributed by atoms with Gasteiger partial charge in [0, 0.05) is 20.0 Å². The van der Waals surface area contributed by atoms with Crippen molar-refractivity contribution in [1.82, 2.24) is 0 Å². The summed E-state index contributed by atoms with van der Waals surface area (Å²) in [5.74, 6) is 0.413. The van der Waals surface area contributed by atoms with E-state index in [4.69, 9.17) is 4.74 Å². The number of carbonyl (C=O) groups excluding carboxylic acids is 1. The Labute approximate surface area is 132 Å². The topological polar surface area (TPSA) is 26.3 Å². The van der Waals surface area contributed by atoms with E-state index in [0.29, 0.717) is 12.2 Å². The molecule has 1 saturated carbocycles. The summed E-state index contributed by atoms with van der Waals surface area (Å²) in [6.45, 7) is 2.26. The van der Waals surface area contributed by atoms with E-state index in [9.17, 15) is 4.79 Å².